The third-order valence-electron chi connectivity index (χ3n) is 3.52. The molecule has 0 fully saturated rings. The average Bonchev–Trinajstić information content (AvgIpc) is 3.32. The van der Waals surface area contributed by atoms with Crippen LogP contribution in [-0.4, -0.2) is 17.1 Å². The Morgan fingerprint density at radius 2 is 1.84 bits per heavy atom. The summed E-state index contributed by atoms with van der Waals surface area (Å²) >= 11 is 1.42. The number of hydrazone groups is 1. The topological polar surface area (TPSA) is 58.7 Å². The van der Waals surface area contributed by atoms with Gasteiger partial charge < -0.3 is 4.42 Å². The molecule has 0 atom stereocenters. The molecule has 0 aliphatic carbocycles. The van der Waals surface area contributed by atoms with Gasteiger partial charge in [0.15, 0.2) is 0 Å². The zero-order valence-electron chi connectivity index (χ0n) is 13.1. The summed E-state index contributed by atoms with van der Waals surface area (Å²) in [5.41, 5.74) is 1.37. The lowest BCUT2D eigenvalue weighted by molar-refractivity contribution is 0.0988. The highest BCUT2D eigenvalue weighted by Crippen LogP contribution is 2.29. The van der Waals surface area contributed by atoms with E-state index in [9.17, 15) is 4.79 Å². The number of amides is 1. The van der Waals surface area contributed by atoms with Gasteiger partial charge in [0, 0.05) is 5.56 Å². The number of carbonyl (C=O) groups is 1. The van der Waals surface area contributed by atoms with E-state index in [0.717, 1.165) is 10.2 Å². The molecular weight excluding hydrogens is 334 g/mol. The average molecular weight is 347 g/mol. The van der Waals surface area contributed by atoms with Crippen LogP contribution in [-0.2, 0) is 0 Å². The van der Waals surface area contributed by atoms with Crippen molar-refractivity contribution in [1.82, 2.24) is 4.98 Å². The van der Waals surface area contributed by atoms with Gasteiger partial charge in [0.25, 0.3) is 5.91 Å². The number of hydrogen-bond donors (Lipinski definition) is 0. The quantitative estimate of drug-likeness (QED) is 0.401. The predicted octanol–water partition coefficient (Wildman–Crippen LogP) is 4.57. The van der Waals surface area contributed by atoms with Gasteiger partial charge >= 0.3 is 0 Å². The molecule has 1 amide bonds. The van der Waals surface area contributed by atoms with Crippen LogP contribution < -0.4 is 5.01 Å². The molecule has 5 nitrogen and oxygen atoms in total. The third-order valence-corrected chi connectivity index (χ3v) is 4.53. The van der Waals surface area contributed by atoms with E-state index in [2.05, 4.69) is 10.1 Å². The highest BCUT2D eigenvalue weighted by Gasteiger charge is 2.20. The summed E-state index contributed by atoms with van der Waals surface area (Å²) in [7, 11) is 0. The molecule has 0 unspecified atom stereocenters. The maximum atomic E-state index is 12.9. The van der Waals surface area contributed by atoms with E-state index in [0.29, 0.717) is 16.5 Å². The Morgan fingerprint density at radius 3 is 2.60 bits per heavy atom. The van der Waals surface area contributed by atoms with Crippen molar-refractivity contribution in [2.24, 2.45) is 5.10 Å². The van der Waals surface area contributed by atoms with Crippen molar-refractivity contribution in [3.63, 3.8) is 0 Å². The first-order chi connectivity index (χ1) is 12.3. The number of rotatable bonds is 4. The molecule has 0 spiro atoms. The number of hydrogen-bond acceptors (Lipinski definition) is 5. The Morgan fingerprint density at radius 1 is 1.04 bits per heavy atom. The highest BCUT2D eigenvalue weighted by molar-refractivity contribution is 7.22. The number of para-hydroxylation sites is 1. The van der Waals surface area contributed by atoms with E-state index in [1.54, 1.807) is 30.5 Å². The number of furan rings is 1. The van der Waals surface area contributed by atoms with Crippen molar-refractivity contribution >= 4 is 38.8 Å². The molecule has 2 heterocycles. The fourth-order valence-corrected chi connectivity index (χ4v) is 3.24. The molecule has 0 bridgehead atoms. The minimum Gasteiger partial charge on any atom is -0.463 e. The van der Waals surface area contributed by atoms with Crippen LogP contribution in [0.3, 0.4) is 0 Å². The molecule has 122 valence electrons. The van der Waals surface area contributed by atoms with E-state index in [4.69, 9.17) is 4.42 Å². The number of benzene rings is 2. The summed E-state index contributed by atoms with van der Waals surface area (Å²) in [5, 5.41) is 6.14. The van der Waals surface area contributed by atoms with Crippen LogP contribution in [0.4, 0.5) is 5.13 Å². The maximum Gasteiger partial charge on any atom is 0.280 e. The Bertz CT molecular complexity index is 990. The van der Waals surface area contributed by atoms with Gasteiger partial charge in [-0.05, 0) is 36.4 Å². The first-order valence-electron chi connectivity index (χ1n) is 7.64. The number of nitrogens with zero attached hydrogens (tertiary/aromatic N) is 3. The number of anilines is 1. The summed E-state index contributed by atoms with van der Waals surface area (Å²) in [4.78, 5) is 17.5. The summed E-state index contributed by atoms with van der Waals surface area (Å²) in [6.45, 7) is 0. The largest absolute Gasteiger partial charge is 0.463 e. The van der Waals surface area contributed by atoms with Crippen LogP contribution in [0.2, 0.25) is 0 Å². The molecule has 0 aliphatic rings. The number of aromatic nitrogens is 1. The molecule has 2 aromatic heterocycles. The number of carbonyl (C=O) groups excluding carboxylic acids is 1. The lowest BCUT2D eigenvalue weighted by atomic mass is 10.2. The minimum atomic E-state index is -0.248. The molecule has 0 saturated heterocycles. The predicted molar refractivity (Wildman–Crippen MR) is 99.2 cm³/mol. The summed E-state index contributed by atoms with van der Waals surface area (Å²) < 4.78 is 6.26. The van der Waals surface area contributed by atoms with Crippen molar-refractivity contribution in [2.75, 3.05) is 5.01 Å². The normalized spacial score (nSPS) is 11.2. The van der Waals surface area contributed by atoms with Gasteiger partial charge in [-0.1, -0.05) is 41.7 Å². The van der Waals surface area contributed by atoms with Gasteiger partial charge in [-0.2, -0.15) is 10.1 Å². The number of thiazole rings is 1. The van der Waals surface area contributed by atoms with Crippen LogP contribution >= 0.6 is 11.3 Å². The van der Waals surface area contributed by atoms with E-state index in [1.165, 1.54) is 22.6 Å². The maximum absolute atomic E-state index is 12.9. The van der Waals surface area contributed by atoms with Gasteiger partial charge in [-0.3, -0.25) is 4.79 Å². The first kappa shape index (κ1) is 15.3. The molecule has 4 aromatic rings. The fraction of sp³-hybridized carbons (Fsp3) is 0. The monoisotopic (exact) mass is 347 g/mol. The first-order valence-corrected chi connectivity index (χ1v) is 8.45. The van der Waals surface area contributed by atoms with Gasteiger partial charge in [-0.15, -0.1) is 0 Å². The Balaban J connectivity index is 1.76. The van der Waals surface area contributed by atoms with E-state index in [-0.39, 0.29) is 5.91 Å². The molecule has 2 aromatic carbocycles. The molecule has 25 heavy (non-hydrogen) atoms. The summed E-state index contributed by atoms with van der Waals surface area (Å²) in [6, 6.07) is 20.3. The standard InChI is InChI=1S/C19H13N3O2S/c23-18(14-7-2-1-3-8-14)22(20-13-15-9-6-12-24-15)19-21-16-10-4-5-11-17(16)25-19/h1-13H/b20-13+. The molecule has 4 rings (SSSR count). The van der Waals surface area contributed by atoms with E-state index < -0.39 is 0 Å². The minimum absolute atomic E-state index is 0.248. The molecule has 6 heteroatoms. The highest BCUT2D eigenvalue weighted by atomic mass is 32.1. The van der Waals surface area contributed by atoms with Crippen molar-refractivity contribution in [3.05, 3.63) is 84.3 Å². The van der Waals surface area contributed by atoms with E-state index in [1.807, 2.05) is 42.5 Å². The smallest absolute Gasteiger partial charge is 0.280 e. The molecular formula is C19H13N3O2S. The van der Waals surface area contributed by atoms with Gasteiger partial charge in [0.2, 0.25) is 5.13 Å². The third kappa shape index (κ3) is 3.20. The van der Waals surface area contributed by atoms with Crippen molar-refractivity contribution in [2.45, 2.75) is 0 Å². The van der Waals surface area contributed by atoms with Crippen molar-refractivity contribution < 1.29 is 9.21 Å². The SMILES string of the molecule is O=C(c1ccccc1)N(/N=C/c1ccco1)c1nc2ccccc2s1. The molecule has 0 aliphatic heterocycles. The van der Waals surface area contributed by atoms with Crippen LogP contribution in [0, 0.1) is 0 Å². The summed E-state index contributed by atoms with van der Waals surface area (Å²) in [6.07, 6.45) is 3.06. The second-order valence-electron chi connectivity index (χ2n) is 5.21. The lowest BCUT2D eigenvalue weighted by Gasteiger charge is -2.13. The Labute approximate surface area is 147 Å². The van der Waals surface area contributed by atoms with Crippen LogP contribution in [0.5, 0.6) is 0 Å². The van der Waals surface area contributed by atoms with E-state index >= 15 is 0 Å². The van der Waals surface area contributed by atoms with Crippen molar-refractivity contribution in [3.8, 4) is 0 Å². The Hall–Kier alpha value is -3.25. The zero-order valence-corrected chi connectivity index (χ0v) is 13.9. The second kappa shape index (κ2) is 6.70. The van der Waals surface area contributed by atoms with Gasteiger partial charge in [0.05, 0.1) is 22.7 Å². The lowest BCUT2D eigenvalue weighted by Crippen LogP contribution is -2.25. The van der Waals surface area contributed by atoms with Gasteiger partial charge in [-0.25, -0.2) is 4.98 Å². The van der Waals surface area contributed by atoms with Crippen LogP contribution in [0.15, 0.2) is 82.5 Å². The fourth-order valence-electron chi connectivity index (χ4n) is 2.32. The van der Waals surface area contributed by atoms with Gasteiger partial charge in [0.1, 0.15) is 5.76 Å². The molecule has 0 saturated carbocycles. The molecule has 0 radical (unpaired) electrons. The molecule has 0 N–H and O–H groups in total. The number of fused-ring (bicyclic) bond motifs is 1. The zero-order chi connectivity index (χ0) is 17.1. The van der Waals surface area contributed by atoms with Crippen LogP contribution in [0.1, 0.15) is 16.1 Å². The van der Waals surface area contributed by atoms with Crippen LogP contribution in [0.25, 0.3) is 10.2 Å². The Kier molecular flexibility index (Phi) is 4.10. The second-order valence-corrected chi connectivity index (χ2v) is 6.22. The summed E-state index contributed by atoms with van der Waals surface area (Å²) in [5.74, 6) is 0.314. The van der Waals surface area contributed by atoms with Crippen molar-refractivity contribution in [1.29, 1.82) is 0 Å².